The van der Waals surface area contributed by atoms with Crippen molar-refractivity contribution in [3.8, 4) is 0 Å². The summed E-state index contributed by atoms with van der Waals surface area (Å²) in [4.78, 5) is 23.3. The van der Waals surface area contributed by atoms with Crippen molar-refractivity contribution < 1.29 is 14.3 Å². The summed E-state index contributed by atoms with van der Waals surface area (Å²) < 4.78 is 5.32. The zero-order valence-electron chi connectivity index (χ0n) is 11.0. The van der Waals surface area contributed by atoms with Gasteiger partial charge in [0.1, 0.15) is 0 Å². The number of unbranched alkanes of at least 4 members (excludes halogenated alkanes) is 2. The molecular formula is C14H24O3. The number of rotatable bonds is 7. The van der Waals surface area contributed by atoms with Crippen molar-refractivity contribution in [2.45, 2.75) is 71.3 Å². The maximum Gasteiger partial charge on any atom is 0.309 e. The van der Waals surface area contributed by atoms with Crippen LogP contribution >= 0.6 is 0 Å². The van der Waals surface area contributed by atoms with Gasteiger partial charge in [-0.3, -0.25) is 9.59 Å². The van der Waals surface area contributed by atoms with Gasteiger partial charge in [0.05, 0.1) is 5.92 Å². The van der Waals surface area contributed by atoms with E-state index in [4.69, 9.17) is 4.74 Å². The summed E-state index contributed by atoms with van der Waals surface area (Å²) in [5, 5.41) is 0. The summed E-state index contributed by atoms with van der Waals surface area (Å²) in [6.07, 6.45) is 6.81. The number of ketones is 1. The van der Waals surface area contributed by atoms with Crippen molar-refractivity contribution in [1.29, 1.82) is 0 Å². The SMILES string of the molecule is CCCCCC(CC)C(=O)OC1CCCC1=O. The minimum atomic E-state index is -0.442. The average Bonchev–Trinajstić information content (AvgIpc) is 2.70. The van der Waals surface area contributed by atoms with Crippen LogP contribution in [0.2, 0.25) is 0 Å². The largest absolute Gasteiger partial charge is 0.454 e. The van der Waals surface area contributed by atoms with Crippen LogP contribution in [-0.2, 0) is 14.3 Å². The molecule has 1 aliphatic rings. The summed E-state index contributed by atoms with van der Waals surface area (Å²) >= 11 is 0. The molecule has 0 aromatic heterocycles. The second kappa shape index (κ2) is 7.46. The number of carbonyl (C=O) groups excluding carboxylic acids is 2. The molecule has 98 valence electrons. The second-order valence-corrected chi connectivity index (χ2v) is 4.89. The van der Waals surface area contributed by atoms with E-state index in [-0.39, 0.29) is 17.7 Å². The summed E-state index contributed by atoms with van der Waals surface area (Å²) in [5.41, 5.74) is 0. The molecule has 0 spiro atoms. The van der Waals surface area contributed by atoms with Crippen molar-refractivity contribution in [2.24, 2.45) is 5.92 Å². The fraction of sp³-hybridized carbons (Fsp3) is 0.857. The second-order valence-electron chi connectivity index (χ2n) is 4.89. The van der Waals surface area contributed by atoms with Crippen molar-refractivity contribution in [3.63, 3.8) is 0 Å². The molecule has 0 heterocycles. The first kappa shape index (κ1) is 14.2. The Morgan fingerprint density at radius 2 is 2.18 bits per heavy atom. The maximum absolute atomic E-state index is 11.9. The third-order valence-corrected chi connectivity index (χ3v) is 3.49. The number of ether oxygens (including phenoxy) is 1. The minimum absolute atomic E-state index is 0.0186. The Kier molecular flexibility index (Phi) is 6.23. The van der Waals surface area contributed by atoms with Crippen LogP contribution in [0.25, 0.3) is 0 Å². The van der Waals surface area contributed by atoms with Crippen LogP contribution in [0.5, 0.6) is 0 Å². The Hall–Kier alpha value is -0.860. The summed E-state index contributed by atoms with van der Waals surface area (Å²) in [6, 6.07) is 0. The summed E-state index contributed by atoms with van der Waals surface area (Å²) in [6.45, 7) is 4.16. The first-order valence-electron chi connectivity index (χ1n) is 6.92. The Labute approximate surface area is 104 Å². The molecule has 0 aliphatic heterocycles. The number of Topliss-reactive ketones (excluding diaryl/α,β-unsaturated/α-hetero) is 1. The van der Waals surface area contributed by atoms with Gasteiger partial charge in [-0.1, -0.05) is 33.1 Å². The highest BCUT2D eigenvalue weighted by molar-refractivity contribution is 5.87. The molecule has 0 saturated heterocycles. The minimum Gasteiger partial charge on any atom is -0.454 e. The van der Waals surface area contributed by atoms with Gasteiger partial charge in [-0.25, -0.2) is 0 Å². The molecule has 0 bridgehead atoms. The van der Waals surface area contributed by atoms with E-state index in [9.17, 15) is 9.59 Å². The van der Waals surface area contributed by atoms with E-state index in [1.54, 1.807) is 0 Å². The van der Waals surface area contributed by atoms with Gasteiger partial charge < -0.3 is 4.74 Å². The first-order valence-corrected chi connectivity index (χ1v) is 6.92. The number of carbonyl (C=O) groups is 2. The van der Waals surface area contributed by atoms with Crippen LogP contribution < -0.4 is 0 Å². The highest BCUT2D eigenvalue weighted by Crippen LogP contribution is 2.21. The average molecular weight is 240 g/mol. The molecule has 2 atom stereocenters. The molecule has 0 radical (unpaired) electrons. The lowest BCUT2D eigenvalue weighted by molar-refractivity contribution is -0.158. The molecule has 1 fully saturated rings. The van der Waals surface area contributed by atoms with E-state index in [1.807, 2.05) is 6.92 Å². The van der Waals surface area contributed by atoms with Gasteiger partial charge in [0.15, 0.2) is 11.9 Å². The monoisotopic (exact) mass is 240 g/mol. The van der Waals surface area contributed by atoms with Crippen molar-refractivity contribution in [3.05, 3.63) is 0 Å². The molecule has 1 saturated carbocycles. The van der Waals surface area contributed by atoms with Crippen molar-refractivity contribution in [2.75, 3.05) is 0 Å². The molecular weight excluding hydrogens is 216 g/mol. The molecule has 0 amide bonds. The fourth-order valence-electron chi connectivity index (χ4n) is 2.27. The third kappa shape index (κ3) is 4.49. The van der Waals surface area contributed by atoms with Gasteiger partial charge in [0.25, 0.3) is 0 Å². The molecule has 3 heteroatoms. The summed E-state index contributed by atoms with van der Waals surface area (Å²) in [7, 11) is 0. The van der Waals surface area contributed by atoms with E-state index in [2.05, 4.69) is 6.92 Å². The van der Waals surface area contributed by atoms with E-state index in [0.717, 1.165) is 44.9 Å². The standard InChI is InChI=1S/C14H24O3/c1-3-5-6-8-11(4-2)14(16)17-13-10-7-9-12(13)15/h11,13H,3-10H2,1-2H3. The van der Waals surface area contributed by atoms with Crippen LogP contribution in [-0.4, -0.2) is 17.9 Å². The molecule has 0 aromatic rings. The van der Waals surface area contributed by atoms with Gasteiger partial charge >= 0.3 is 5.97 Å². The molecule has 17 heavy (non-hydrogen) atoms. The zero-order valence-corrected chi connectivity index (χ0v) is 11.0. The fourth-order valence-corrected chi connectivity index (χ4v) is 2.27. The van der Waals surface area contributed by atoms with Gasteiger partial charge in [0.2, 0.25) is 0 Å². The zero-order chi connectivity index (χ0) is 12.7. The maximum atomic E-state index is 11.9. The van der Waals surface area contributed by atoms with E-state index in [0.29, 0.717) is 6.42 Å². The predicted molar refractivity (Wildman–Crippen MR) is 66.7 cm³/mol. The van der Waals surface area contributed by atoms with E-state index in [1.165, 1.54) is 0 Å². The molecule has 0 N–H and O–H groups in total. The number of hydrogen-bond donors (Lipinski definition) is 0. The molecule has 2 unspecified atom stereocenters. The van der Waals surface area contributed by atoms with Crippen LogP contribution in [0.15, 0.2) is 0 Å². The van der Waals surface area contributed by atoms with Crippen LogP contribution in [0.1, 0.15) is 65.2 Å². The van der Waals surface area contributed by atoms with Crippen molar-refractivity contribution >= 4 is 11.8 Å². The lowest BCUT2D eigenvalue weighted by atomic mass is 9.99. The topological polar surface area (TPSA) is 43.4 Å². The quantitative estimate of drug-likeness (QED) is 0.507. The van der Waals surface area contributed by atoms with E-state index >= 15 is 0 Å². The molecule has 1 rings (SSSR count). The first-order chi connectivity index (χ1) is 8.19. The Morgan fingerprint density at radius 1 is 1.41 bits per heavy atom. The number of esters is 1. The highest BCUT2D eigenvalue weighted by atomic mass is 16.5. The lowest BCUT2D eigenvalue weighted by Crippen LogP contribution is -2.26. The molecule has 1 aliphatic carbocycles. The Balaban J connectivity index is 2.34. The van der Waals surface area contributed by atoms with Crippen LogP contribution in [0, 0.1) is 5.92 Å². The van der Waals surface area contributed by atoms with Crippen molar-refractivity contribution in [1.82, 2.24) is 0 Å². The Bertz CT molecular complexity index is 260. The molecule has 3 nitrogen and oxygen atoms in total. The van der Waals surface area contributed by atoms with E-state index < -0.39 is 6.10 Å². The van der Waals surface area contributed by atoms with Crippen LogP contribution in [0.4, 0.5) is 0 Å². The predicted octanol–water partition coefficient (Wildman–Crippen LogP) is 3.26. The van der Waals surface area contributed by atoms with Crippen LogP contribution in [0.3, 0.4) is 0 Å². The lowest BCUT2D eigenvalue weighted by Gasteiger charge is -2.17. The van der Waals surface area contributed by atoms with Gasteiger partial charge in [-0.05, 0) is 25.7 Å². The molecule has 0 aromatic carbocycles. The Morgan fingerprint density at radius 3 is 2.71 bits per heavy atom. The smallest absolute Gasteiger partial charge is 0.309 e. The number of hydrogen-bond acceptors (Lipinski definition) is 3. The van der Waals surface area contributed by atoms with Gasteiger partial charge in [0, 0.05) is 6.42 Å². The third-order valence-electron chi connectivity index (χ3n) is 3.49. The normalized spacial score (nSPS) is 21.5. The highest BCUT2D eigenvalue weighted by Gasteiger charge is 2.30. The van der Waals surface area contributed by atoms with Gasteiger partial charge in [-0.2, -0.15) is 0 Å². The summed E-state index contributed by atoms with van der Waals surface area (Å²) in [5.74, 6) is -0.0828. The van der Waals surface area contributed by atoms with Gasteiger partial charge in [-0.15, -0.1) is 0 Å².